The number of likely N-dealkylation sites (tertiary alicyclic amines) is 1. The van der Waals surface area contributed by atoms with Crippen LogP contribution in [-0.4, -0.2) is 34.1 Å². The SMILES string of the molecule is O=C(NCc1cc(-c2ccccc2)n[nH]1)C1CCN(Cc2ccco2)CC1. The molecule has 3 aromatic rings. The van der Waals surface area contributed by atoms with Gasteiger partial charge in [-0.2, -0.15) is 5.10 Å². The highest BCUT2D eigenvalue weighted by Crippen LogP contribution is 2.20. The molecule has 1 aliphatic rings. The van der Waals surface area contributed by atoms with Crippen molar-refractivity contribution in [1.29, 1.82) is 0 Å². The first kappa shape index (κ1) is 17.5. The summed E-state index contributed by atoms with van der Waals surface area (Å²) in [4.78, 5) is 14.8. The number of hydrogen-bond donors (Lipinski definition) is 2. The zero-order chi connectivity index (χ0) is 18.5. The Morgan fingerprint density at radius 1 is 1.19 bits per heavy atom. The minimum Gasteiger partial charge on any atom is -0.468 e. The molecule has 1 fully saturated rings. The van der Waals surface area contributed by atoms with E-state index in [4.69, 9.17) is 4.42 Å². The summed E-state index contributed by atoms with van der Waals surface area (Å²) in [6, 6.07) is 15.9. The van der Waals surface area contributed by atoms with E-state index in [1.807, 2.05) is 48.5 Å². The van der Waals surface area contributed by atoms with E-state index >= 15 is 0 Å². The number of hydrogen-bond acceptors (Lipinski definition) is 4. The third kappa shape index (κ3) is 4.46. The van der Waals surface area contributed by atoms with Gasteiger partial charge in [0.15, 0.2) is 0 Å². The normalized spacial score (nSPS) is 15.7. The molecule has 1 saturated heterocycles. The molecule has 1 amide bonds. The van der Waals surface area contributed by atoms with Crippen molar-refractivity contribution < 1.29 is 9.21 Å². The number of amides is 1. The molecule has 1 aromatic carbocycles. The molecule has 2 N–H and O–H groups in total. The average molecular weight is 364 g/mol. The largest absolute Gasteiger partial charge is 0.468 e. The van der Waals surface area contributed by atoms with Crippen LogP contribution in [0.1, 0.15) is 24.3 Å². The molecule has 0 aliphatic carbocycles. The Morgan fingerprint density at radius 3 is 2.74 bits per heavy atom. The van der Waals surface area contributed by atoms with Gasteiger partial charge in [-0.15, -0.1) is 0 Å². The molecule has 0 spiro atoms. The van der Waals surface area contributed by atoms with Crippen LogP contribution in [0.2, 0.25) is 0 Å². The van der Waals surface area contributed by atoms with E-state index < -0.39 is 0 Å². The van der Waals surface area contributed by atoms with Crippen molar-refractivity contribution in [1.82, 2.24) is 20.4 Å². The second-order valence-electron chi connectivity index (χ2n) is 6.99. The Bertz CT molecular complexity index is 849. The van der Waals surface area contributed by atoms with Crippen molar-refractivity contribution in [2.45, 2.75) is 25.9 Å². The second-order valence-corrected chi connectivity index (χ2v) is 6.99. The van der Waals surface area contributed by atoms with Crippen molar-refractivity contribution >= 4 is 5.91 Å². The number of nitrogens with zero attached hydrogens (tertiary/aromatic N) is 2. The Morgan fingerprint density at radius 2 is 2.00 bits per heavy atom. The van der Waals surface area contributed by atoms with Crippen LogP contribution in [0, 0.1) is 5.92 Å². The van der Waals surface area contributed by atoms with Crippen molar-refractivity contribution in [3.63, 3.8) is 0 Å². The van der Waals surface area contributed by atoms with Gasteiger partial charge in [-0.1, -0.05) is 30.3 Å². The number of piperidine rings is 1. The molecule has 0 unspecified atom stereocenters. The van der Waals surface area contributed by atoms with Gasteiger partial charge in [-0.3, -0.25) is 14.8 Å². The second kappa shape index (κ2) is 8.22. The fourth-order valence-electron chi connectivity index (χ4n) is 3.51. The Balaban J connectivity index is 1.24. The lowest BCUT2D eigenvalue weighted by molar-refractivity contribution is -0.126. The van der Waals surface area contributed by atoms with E-state index in [-0.39, 0.29) is 11.8 Å². The lowest BCUT2D eigenvalue weighted by Gasteiger charge is -2.30. The number of furan rings is 1. The van der Waals surface area contributed by atoms with Gasteiger partial charge in [0.25, 0.3) is 0 Å². The summed E-state index contributed by atoms with van der Waals surface area (Å²) in [5.41, 5.74) is 2.87. The first-order valence-corrected chi connectivity index (χ1v) is 9.40. The number of aromatic amines is 1. The van der Waals surface area contributed by atoms with E-state index in [1.165, 1.54) is 0 Å². The van der Waals surface area contributed by atoms with Crippen LogP contribution in [0.4, 0.5) is 0 Å². The highest BCUT2D eigenvalue weighted by Gasteiger charge is 2.25. The third-order valence-electron chi connectivity index (χ3n) is 5.07. The molecule has 0 saturated carbocycles. The molecule has 3 heterocycles. The van der Waals surface area contributed by atoms with E-state index in [9.17, 15) is 4.79 Å². The fraction of sp³-hybridized carbons (Fsp3) is 0.333. The van der Waals surface area contributed by atoms with Crippen molar-refractivity contribution in [3.05, 3.63) is 66.2 Å². The minimum atomic E-state index is 0.0781. The summed E-state index contributed by atoms with van der Waals surface area (Å²) in [7, 11) is 0. The van der Waals surface area contributed by atoms with Crippen LogP contribution in [0.5, 0.6) is 0 Å². The van der Waals surface area contributed by atoms with Crippen LogP contribution in [-0.2, 0) is 17.9 Å². The Kier molecular flexibility index (Phi) is 5.34. The zero-order valence-electron chi connectivity index (χ0n) is 15.2. The molecule has 140 valence electrons. The third-order valence-corrected chi connectivity index (χ3v) is 5.07. The van der Waals surface area contributed by atoms with Gasteiger partial charge in [0, 0.05) is 11.5 Å². The molecule has 27 heavy (non-hydrogen) atoms. The molecular formula is C21H24N4O2. The number of carbonyl (C=O) groups excluding carboxylic acids is 1. The Labute approximate surface area is 158 Å². The first-order chi connectivity index (χ1) is 13.3. The van der Waals surface area contributed by atoms with Gasteiger partial charge in [-0.05, 0) is 44.1 Å². The number of rotatable bonds is 6. The fourth-order valence-corrected chi connectivity index (χ4v) is 3.51. The van der Waals surface area contributed by atoms with Crippen molar-refractivity contribution in [2.75, 3.05) is 13.1 Å². The van der Waals surface area contributed by atoms with Gasteiger partial charge in [0.2, 0.25) is 5.91 Å². The molecule has 1 aliphatic heterocycles. The van der Waals surface area contributed by atoms with E-state index in [1.54, 1.807) is 6.26 Å². The lowest BCUT2D eigenvalue weighted by Crippen LogP contribution is -2.40. The quantitative estimate of drug-likeness (QED) is 0.704. The Hall–Kier alpha value is -2.86. The summed E-state index contributed by atoms with van der Waals surface area (Å²) in [6.45, 7) is 3.13. The van der Waals surface area contributed by atoms with Crippen LogP contribution in [0.25, 0.3) is 11.3 Å². The minimum absolute atomic E-state index is 0.0781. The molecule has 2 aromatic heterocycles. The average Bonchev–Trinajstić information content (AvgIpc) is 3.39. The maximum absolute atomic E-state index is 12.5. The highest BCUT2D eigenvalue weighted by atomic mass is 16.3. The van der Waals surface area contributed by atoms with Gasteiger partial charge in [0.1, 0.15) is 5.76 Å². The highest BCUT2D eigenvalue weighted by molar-refractivity contribution is 5.78. The van der Waals surface area contributed by atoms with E-state index in [0.29, 0.717) is 6.54 Å². The maximum Gasteiger partial charge on any atom is 0.223 e. The zero-order valence-corrected chi connectivity index (χ0v) is 15.2. The smallest absolute Gasteiger partial charge is 0.223 e. The number of benzene rings is 1. The number of nitrogens with one attached hydrogen (secondary N) is 2. The van der Waals surface area contributed by atoms with Crippen LogP contribution >= 0.6 is 0 Å². The van der Waals surface area contributed by atoms with Gasteiger partial charge in [-0.25, -0.2) is 0 Å². The molecule has 0 radical (unpaired) electrons. The van der Waals surface area contributed by atoms with Crippen LogP contribution in [0.3, 0.4) is 0 Å². The molecule has 0 atom stereocenters. The summed E-state index contributed by atoms with van der Waals surface area (Å²) in [5, 5.41) is 10.4. The van der Waals surface area contributed by atoms with Gasteiger partial charge < -0.3 is 9.73 Å². The summed E-state index contributed by atoms with van der Waals surface area (Å²) >= 11 is 0. The monoisotopic (exact) mass is 364 g/mol. The molecule has 4 rings (SSSR count). The standard InChI is InChI=1S/C21H24N4O2/c26-21(17-8-10-25(11-9-17)15-19-7-4-12-27-19)22-14-18-13-20(24-23-18)16-5-2-1-3-6-16/h1-7,12-13,17H,8-11,14-15H2,(H,22,26)(H,23,24). The topological polar surface area (TPSA) is 74.2 Å². The number of carbonyl (C=O) groups is 1. The molecular weight excluding hydrogens is 340 g/mol. The van der Waals surface area contributed by atoms with Crippen LogP contribution < -0.4 is 5.32 Å². The molecule has 0 bridgehead atoms. The van der Waals surface area contributed by atoms with Crippen LogP contribution in [0.15, 0.2) is 59.2 Å². The van der Waals surface area contributed by atoms with Crippen molar-refractivity contribution in [2.24, 2.45) is 5.92 Å². The number of H-pyrrole nitrogens is 1. The summed E-state index contributed by atoms with van der Waals surface area (Å²) in [5.74, 6) is 1.18. The van der Waals surface area contributed by atoms with E-state index in [0.717, 1.165) is 55.2 Å². The lowest BCUT2D eigenvalue weighted by atomic mass is 9.96. The van der Waals surface area contributed by atoms with Crippen molar-refractivity contribution in [3.8, 4) is 11.3 Å². The summed E-state index contributed by atoms with van der Waals surface area (Å²) < 4.78 is 5.40. The maximum atomic E-state index is 12.5. The molecule has 6 nitrogen and oxygen atoms in total. The van der Waals surface area contributed by atoms with Gasteiger partial charge >= 0.3 is 0 Å². The first-order valence-electron chi connectivity index (χ1n) is 9.40. The predicted octanol–water partition coefficient (Wildman–Crippen LogP) is 3.20. The van der Waals surface area contributed by atoms with E-state index in [2.05, 4.69) is 20.4 Å². The predicted molar refractivity (Wildman–Crippen MR) is 103 cm³/mol. The molecule has 6 heteroatoms. The number of aromatic nitrogens is 2. The van der Waals surface area contributed by atoms with Gasteiger partial charge in [0.05, 0.1) is 30.7 Å². The summed E-state index contributed by atoms with van der Waals surface area (Å²) in [6.07, 6.45) is 3.46.